The topological polar surface area (TPSA) is 44.8 Å². The van der Waals surface area contributed by atoms with Crippen molar-refractivity contribution in [2.45, 2.75) is 0 Å². The van der Waals surface area contributed by atoms with Gasteiger partial charge in [0.15, 0.2) is 0 Å². The molecule has 0 bridgehead atoms. The number of hydrogen-bond acceptors (Lipinski definition) is 4. The maximum atomic E-state index is 12.6. The van der Waals surface area contributed by atoms with E-state index in [0.29, 0.717) is 11.5 Å². The molecule has 0 aliphatic rings. The van der Waals surface area contributed by atoms with Crippen LogP contribution in [-0.2, 0) is 9.09 Å². The standard InChI is InChI=1S/C14H14ClO4P/c15-11-12-17-20(16,18-13-7-3-1-4-8-13)19-14-9-5-2-6-10-14/h1-10H,11-12H2. The molecule has 0 unspecified atom stereocenters. The van der Waals surface area contributed by atoms with E-state index in [1.807, 2.05) is 12.1 Å². The van der Waals surface area contributed by atoms with E-state index < -0.39 is 7.82 Å². The molecule has 0 saturated heterocycles. The van der Waals surface area contributed by atoms with Gasteiger partial charge in [-0.1, -0.05) is 36.4 Å². The van der Waals surface area contributed by atoms with Crippen molar-refractivity contribution in [1.82, 2.24) is 0 Å². The molecule has 0 amide bonds. The molecule has 2 rings (SSSR count). The Morgan fingerprint density at radius 2 is 1.30 bits per heavy atom. The SMILES string of the molecule is O=P(OCCCl)(Oc1ccccc1)Oc1ccccc1. The van der Waals surface area contributed by atoms with Crippen molar-refractivity contribution in [3.05, 3.63) is 60.7 Å². The second-order valence-corrected chi connectivity index (χ2v) is 5.67. The van der Waals surface area contributed by atoms with Crippen molar-refractivity contribution in [3.8, 4) is 11.5 Å². The van der Waals surface area contributed by atoms with Gasteiger partial charge in [0.25, 0.3) is 0 Å². The highest BCUT2D eigenvalue weighted by molar-refractivity contribution is 7.49. The highest BCUT2D eigenvalue weighted by atomic mass is 35.5. The number of phosphoric ester groups is 1. The summed E-state index contributed by atoms with van der Waals surface area (Å²) in [7, 11) is -3.76. The molecule has 0 aliphatic carbocycles. The normalized spacial score (nSPS) is 11.1. The molecule has 2 aromatic rings. The first-order chi connectivity index (χ1) is 9.72. The van der Waals surface area contributed by atoms with Crippen LogP contribution in [0.15, 0.2) is 60.7 Å². The number of hydrogen-bond donors (Lipinski definition) is 0. The van der Waals surface area contributed by atoms with E-state index >= 15 is 0 Å². The third-order valence-electron chi connectivity index (χ3n) is 2.25. The molecule has 0 fully saturated rings. The second kappa shape index (κ2) is 7.34. The molecular weight excluding hydrogens is 299 g/mol. The zero-order valence-electron chi connectivity index (χ0n) is 10.6. The van der Waals surface area contributed by atoms with Crippen LogP contribution in [0.2, 0.25) is 0 Å². The second-order valence-electron chi connectivity index (χ2n) is 3.78. The van der Waals surface area contributed by atoms with Crippen LogP contribution in [0.1, 0.15) is 0 Å². The van der Waals surface area contributed by atoms with Crippen LogP contribution in [-0.4, -0.2) is 12.5 Å². The minimum atomic E-state index is -3.76. The van der Waals surface area contributed by atoms with Gasteiger partial charge in [0.1, 0.15) is 11.5 Å². The van der Waals surface area contributed by atoms with Gasteiger partial charge in [0.2, 0.25) is 0 Å². The van der Waals surface area contributed by atoms with Crippen molar-refractivity contribution in [2.75, 3.05) is 12.5 Å². The van der Waals surface area contributed by atoms with Crippen LogP contribution < -0.4 is 9.05 Å². The first kappa shape index (κ1) is 14.9. The maximum absolute atomic E-state index is 12.6. The summed E-state index contributed by atoms with van der Waals surface area (Å²) >= 11 is 5.56. The monoisotopic (exact) mass is 312 g/mol. The van der Waals surface area contributed by atoms with E-state index in [1.54, 1.807) is 48.5 Å². The molecule has 0 atom stereocenters. The third-order valence-corrected chi connectivity index (χ3v) is 3.77. The molecule has 6 heteroatoms. The van der Waals surface area contributed by atoms with E-state index in [9.17, 15) is 4.57 Å². The lowest BCUT2D eigenvalue weighted by atomic mass is 10.3. The molecule has 20 heavy (non-hydrogen) atoms. The van der Waals surface area contributed by atoms with Crippen molar-refractivity contribution in [1.29, 1.82) is 0 Å². The summed E-state index contributed by atoms with van der Waals surface area (Å²) < 4.78 is 28.5. The number of halogens is 1. The van der Waals surface area contributed by atoms with Gasteiger partial charge in [-0.3, -0.25) is 4.52 Å². The fourth-order valence-electron chi connectivity index (χ4n) is 1.44. The molecular formula is C14H14ClO4P. The molecule has 4 nitrogen and oxygen atoms in total. The zero-order chi connectivity index (χ0) is 14.3. The molecule has 0 radical (unpaired) electrons. The molecule has 0 aliphatic heterocycles. The van der Waals surface area contributed by atoms with Gasteiger partial charge in [-0.2, -0.15) is 0 Å². The molecule has 0 aromatic heterocycles. The van der Waals surface area contributed by atoms with Crippen LogP contribution in [0.5, 0.6) is 11.5 Å². The lowest BCUT2D eigenvalue weighted by Gasteiger charge is -2.18. The highest BCUT2D eigenvalue weighted by Crippen LogP contribution is 2.49. The first-order valence-corrected chi connectivity index (χ1v) is 8.01. The van der Waals surface area contributed by atoms with Gasteiger partial charge < -0.3 is 9.05 Å². The number of rotatable bonds is 7. The maximum Gasteiger partial charge on any atom is 0.587 e. The number of alkyl halides is 1. The minimum absolute atomic E-state index is 0.0680. The molecule has 0 saturated carbocycles. The van der Waals surface area contributed by atoms with Gasteiger partial charge >= 0.3 is 7.82 Å². The Kier molecular flexibility index (Phi) is 5.48. The van der Waals surface area contributed by atoms with Crippen molar-refractivity contribution in [2.24, 2.45) is 0 Å². The van der Waals surface area contributed by atoms with Gasteiger partial charge in [-0.25, -0.2) is 4.57 Å². The Hall–Kier alpha value is -1.48. The van der Waals surface area contributed by atoms with Crippen LogP contribution in [0, 0.1) is 0 Å². The predicted molar refractivity (Wildman–Crippen MR) is 78.4 cm³/mol. The smallest absolute Gasteiger partial charge is 0.395 e. The minimum Gasteiger partial charge on any atom is -0.395 e. The Labute approximate surface area is 122 Å². The molecule has 106 valence electrons. The lowest BCUT2D eigenvalue weighted by Crippen LogP contribution is -2.06. The van der Waals surface area contributed by atoms with E-state index in [-0.39, 0.29) is 12.5 Å². The van der Waals surface area contributed by atoms with Gasteiger partial charge in [-0.05, 0) is 24.3 Å². The summed E-state index contributed by atoms with van der Waals surface area (Å²) in [6, 6.07) is 17.4. The predicted octanol–water partition coefficient (Wildman–Crippen LogP) is 4.51. The highest BCUT2D eigenvalue weighted by Gasteiger charge is 2.30. The van der Waals surface area contributed by atoms with E-state index in [4.69, 9.17) is 25.2 Å². The molecule has 0 heterocycles. The van der Waals surface area contributed by atoms with E-state index in [2.05, 4.69) is 0 Å². The van der Waals surface area contributed by atoms with Crippen molar-refractivity contribution < 1.29 is 18.1 Å². The Balaban J connectivity index is 2.15. The van der Waals surface area contributed by atoms with Crippen LogP contribution in [0.4, 0.5) is 0 Å². The first-order valence-electron chi connectivity index (χ1n) is 6.02. The van der Waals surface area contributed by atoms with Crippen molar-refractivity contribution >= 4 is 19.4 Å². The Morgan fingerprint density at radius 3 is 1.70 bits per heavy atom. The van der Waals surface area contributed by atoms with Gasteiger partial charge in [0, 0.05) is 5.88 Å². The summed E-state index contributed by atoms with van der Waals surface area (Å²) in [5.74, 6) is 1.00. The number of benzene rings is 2. The van der Waals surface area contributed by atoms with Crippen LogP contribution in [0.3, 0.4) is 0 Å². The summed E-state index contributed by atoms with van der Waals surface area (Å²) in [4.78, 5) is 0. The van der Waals surface area contributed by atoms with E-state index in [1.165, 1.54) is 0 Å². The van der Waals surface area contributed by atoms with Crippen LogP contribution in [0.25, 0.3) is 0 Å². The van der Waals surface area contributed by atoms with E-state index in [0.717, 1.165) is 0 Å². The summed E-state index contributed by atoms with van der Waals surface area (Å²) in [5.41, 5.74) is 0. The van der Waals surface area contributed by atoms with Gasteiger partial charge in [-0.15, -0.1) is 11.6 Å². The van der Waals surface area contributed by atoms with Crippen LogP contribution >= 0.6 is 19.4 Å². The van der Waals surface area contributed by atoms with Gasteiger partial charge in [0.05, 0.1) is 6.61 Å². The lowest BCUT2D eigenvalue weighted by molar-refractivity contribution is 0.220. The number of para-hydroxylation sites is 2. The molecule has 2 aromatic carbocycles. The molecule has 0 N–H and O–H groups in total. The summed E-state index contributed by atoms with van der Waals surface area (Å²) in [5, 5.41) is 0. The Morgan fingerprint density at radius 1 is 0.850 bits per heavy atom. The molecule has 0 spiro atoms. The quantitative estimate of drug-likeness (QED) is 0.557. The average molecular weight is 313 g/mol. The largest absolute Gasteiger partial charge is 0.587 e. The average Bonchev–Trinajstić information content (AvgIpc) is 2.47. The summed E-state index contributed by atoms with van der Waals surface area (Å²) in [6.45, 7) is 0.0680. The zero-order valence-corrected chi connectivity index (χ0v) is 12.3. The fraction of sp³-hybridized carbons (Fsp3) is 0.143. The fourth-order valence-corrected chi connectivity index (χ4v) is 2.84. The number of phosphoric acid groups is 1. The third kappa shape index (κ3) is 4.57. The van der Waals surface area contributed by atoms with Crippen molar-refractivity contribution in [3.63, 3.8) is 0 Å². The Bertz CT molecular complexity index is 516. The summed E-state index contributed by atoms with van der Waals surface area (Å²) in [6.07, 6.45) is 0.